The second-order valence-electron chi connectivity index (χ2n) is 1.69. The molecule has 0 bridgehead atoms. The Morgan fingerprint density at radius 3 is 3.00 bits per heavy atom. The van der Waals surface area contributed by atoms with Gasteiger partial charge in [-0.2, -0.15) is 0 Å². The van der Waals surface area contributed by atoms with E-state index in [0.717, 1.165) is 6.42 Å². The van der Waals surface area contributed by atoms with Crippen LogP contribution in [0.1, 0.15) is 13.3 Å². The van der Waals surface area contributed by atoms with Crippen molar-refractivity contribution in [1.29, 1.82) is 0 Å². The molecule has 0 N–H and O–H groups in total. The first kappa shape index (κ1) is 5.56. The van der Waals surface area contributed by atoms with Gasteiger partial charge in [-0.25, -0.2) is 0 Å². The maximum atomic E-state index is 4.95. The molecule has 1 saturated heterocycles. The molecule has 0 spiro atoms. The minimum absolute atomic E-state index is 0.0995. The van der Waals surface area contributed by atoms with Crippen LogP contribution in [0.2, 0.25) is 0 Å². The maximum Gasteiger partial charge on any atom is 0.253 e. The Hall–Kier alpha value is -0.570. The number of epoxide rings is 1. The topological polar surface area (TPSA) is 34.1 Å². The number of nitrogens with zero attached hydrogens (tertiary/aromatic N) is 1. The summed E-state index contributed by atoms with van der Waals surface area (Å²) < 4.78 is 4.95. The fourth-order valence-corrected chi connectivity index (χ4v) is 0.582. The fraction of sp³-hybridized carbons (Fsp3) is 0.800. The Kier molecular flexibility index (Phi) is 1.48. The van der Waals surface area contributed by atoms with Crippen LogP contribution in [0.5, 0.6) is 0 Å². The summed E-state index contributed by atoms with van der Waals surface area (Å²) in [5.74, 6) is 0. The molecule has 3 nitrogen and oxygen atoms in total. The zero-order valence-electron chi connectivity index (χ0n) is 4.83. The average Bonchev–Trinajstić information content (AvgIpc) is 2.48. The molecular weight excluding hydrogens is 106 g/mol. The first-order chi connectivity index (χ1) is 3.88. The molecular formula is C5H9NO2. The predicted octanol–water partition coefficient (Wildman–Crippen LogP) is 0.754. The highest BCUT2D eigenvalue weighted by Crippen LogP contribution is 2.25. The Labute approximate surface area is 48.3 Å². The lowest BCUT2D eigenvalue weighted by molar-refractivity contribution is 0.0574. The fourth-order valence-electron chi connectivity index (χ4n) is 0.582. The van der Waals surface area contributed by atoms with Gasteiger partial charge in [-0.1, -0.05) is 12.1 Å². The predicted molar refractivity (Wildman–Crippen MR) is 29.6 cm³/mol. The van der Waals surface area contributed by atoms with Gasteiger partial charge in [0.15, 0.2) is 0 Å². The Bertz CT molecular complexity index is 94.4. The van der Waals surface area contributed by atoms with E-state index in [0.29, 0.717) is 0 Å². The average molecular weight is 115 g/mol. The molecule has 3 heteroatoms. The van der Waals surface area contributed by atoms with Crippen LogP contribution in [0, 0.1) is 0 Å². The zero-order valence-corrected chi connectivity index (χ0v) is 4.83. The lowest BCUT2D eigenvalue weighted by Gasteiger charge is -1.85. The number of oxime groups is 1. The van der Waals surface area contributed by atoms with E-state index in [1.54, 1.807) is 0 Å². The van der Waals surface area contributed by atoms with Crippen molar-refractivity contribution in [2.45, 2.75) is 25.7 Å². The highest BCUT2D eigenvalue weighted by atomic mass is 16.8. The minimum atomic E-state index is -0.0995. The molecule has 0 aromatic carbocycles. The third-order valence-electron chi connectivity index (χ3n) is 1.12. The van der Waals surface area contributed by atoms with Crippen LogP contribution in [-0.4, -0.2) is 19.1 Å². The molecule has 2 unspecified atom stereocenters. The van der Waals surface area contributed by atoms with Crippen molar-refractivity contribution in [3.63, 3.8) is 0 Å². The van der Waals surface area contributed by atoms with Crippen molar-refractivity contribution in [3.05, 3.63) is 0 Å². The number of hydrogen-bond donors (Lipinski definition) is 0. The van der Waals surface area contributed by atoms with Crippen LogP contribution in [0.15, 0.2) is 5.16 Å². The van der Waals surface area contributed by atoms with E-state index in [4.69, 9.17) is 4.74 Å². The van der Waals surface area contributed by atoms with Crippen molar-refractivity contribution in [3.8, 4) is 0 Å². The normalized spacial score (nSPS) is 34.1. The molecule has 1 heterocycles. The highest BCUT2D eigenvalue weighted by molar-refractivity contribution is 5.21. The van der Waals surface area contributed by atoms with Gasteiger partial charge in [0.05, 0.1) is 0 Å². The van der Waals surface area contributed by atoms with Gasteiger partial charge in [-0.3, -0.25) is 0 Å². The third-order valence-corrected chi connectivity index (χ3v) is 1.12. The van der Waals surface area contributed by atoms with E-state index >= 15 is 0 Å². The lowest BCUT2D eigenvalue weighted by Crippen LogP contribution is -1.91. The first-order valence-electron chi connectivity index (χ1n) is 2.65. The van der Waals surface area contributed by atoms with Crippen LogP contribution in [0.4, 0.5) is 0 Å². The molecule has 1 aliphatic rings. The molecule has 0 aromatic heterocycles. The SMILES string of the molecule is C=NOC1OC1CC. The quantitative estimate of drug-likeness (QED) is 0.309. The summed E-state index contributed by atoms with van der Waals surface area (Å²) in [7, 11) is 0. The molecule has 0 aliphatic carbocycles. The second kappa shape index (κ2) is 2.13. The van der Waals surface area contributed by atoms with E-state index in [2.05, 4.69) is 16.7 Å². The summed E-state index contributed by atoms with van der Waals surface area (Å²) in [6.45, 7) is 5.20. The third kappa shape index (κ3) is 0.980. The summed E-state index contributed by atoms with van der Waals surface area (Å²) in [6, 6.07) is 0. The van der Waals surface area contributed by atoms with Gasteiger partial charge >= 0.3 is 0 Å². The molecule has 1 fully saturated rings. The van der Waals surface area contributed by atoms with Gasteiger partial charge in [0.25, 0.3) is 6.29 Å². The number of hydrogen-bond acceptors (Lipinski definition) is 3. The molecule has 0 aromatic rings. The smallest absolute Gasteiger partial charge is 0.253 e. The van der Waals surface area contributed by atoms with Gasteiger partial charge < -0.3 is 9.57 Å². The summed E-state index contributed by atoms with van der Waals surface area (Å²) in [4.78, 5) is 4.65. The second-order valence-corrected chi connectivity index (χ2v) is 1.69. The summed E-state index contributed by atoms with van der Waals surface area (Å²) in [5.41, 5.74) is 0. The number of rotatable bonds is 3. The van der Waals surface area contributed by atoms with Crippen LogP contribution in [0.3, 0.4) is 0 Å². The minimum Gasteiger partial charge on any atom is -0.361 e. The number of ether oxygens (including phenoxy) is 1. The zero-order chi connectivity index (χ0) is 5.98. The van der Waals surface area contributed by atoms with Crippen molar-refractivity contribution in [1.82, 2.24) is 0 Å². The van der Waals surface area contributed by atoms with E-state index in [9.17, 15) is 0 Å². The van der Waals surface area contributed by atoms with E-state index in [-0.39, 0.29) is 12.4 Å². The van der Waals surface area contributed by atoms with E-state index in [1.165, 1.54) is 0 Å². The van der Waals surface area contributed by atoms with Crippen molar-refractivity contribution < 1.29 is 9.57 Å². The Morgan fingerprint density at radius 2 is 2.62 bits per heavy atom. The van der Waals surface area contributed by atoms with Gasteiger partial charge in [-0.15, -0.1) is 0 Å². The van der Waals surface area contributed by atoms with Gasteiger partial charge in [0, 0.05) is 6.72 Å². The first-order valence-corrected chi connectivity index (χ1v) is 2.65. The van der Waals surface area contributed by atoms with Crippen LogP contribution < -0.4 is 0 Å². The monoisotopic (exact) mass is 115 g/mol. The van der Waals surface area contributed by atoms with Crippen LogP contribution in [0.25, 0.3) is 0 Å². The molecule has 1 aliphatic heterocycles. The maximum absolute atomic E-state index is 4.95. The Balaban J connectivity index is 2.07. The summed E-state index contributed by atoms with van der Waals surface area (Å²) >= 11 is 0. The largest absolute Gasteiger partial charge is 0.361 e. The molecule has 1 rings (SSSR count). The molecule has 0 saturated carbocycles. The summed E-state index contributed by atoms with van der Waals surface area (Å²) in [6.07, 6.45) is 1.15. The van der Waals surface area contributed by atoms with Gasteiger partial charge in [0.2, 0.25) is 0 Å². The van der Waals surface area contributed by atoms with Gasteiger partial charge in [-0.05, 0) is 6.42 Å². The highest BCUT2D eigenvalue weighted by Gasteiger charge is 2.39. The van der Waals surface area contributed by atoms with Crippen molar-refractivity contribution >= 4 is 6.72 Å². The van der Waals surface area contributed by atoms with Crippen molar-refractivity contribution in [2.24, 2.45) is 5.16 Å². The van der Waals surface area contributed by atoms with Crippen LogP contribution >= 0.6 is 0 Å². The molecule has 46 valence electrons. The van der Waals surface area contributed by atoms with E-state index in [1.807, 2.05) is 6.92 Å². The molecule has 2 atom stereocenters. The van der Waals surface area contributed by atoms with Gasteiger partial charge in [0.1, 0.15) is 6.10 Å². The summed E-state index contributed by atoms with van der Waals surface area (Å²) in [5, 5.41) is 3.22. The lowest BCUT2D eigenvalue weighted by atomic mass is 10.4. The molecule has 0 radical (unpaired) electrons. The van der Waals surface area contributed by atoms with E-state index < -0.39 is 0 Å². The van der Waals surface area contributed by atoms with Crippen LogP contribution in [-0.2, 0) is 9.57 Å². The van der Waals surface area contributed by atoms with Crippen molar-refractivity contribution in [2.75, 3.05) is 0 Å². The standard InChI is InChI=1S/C5H9NO2/c1-3-4-5(7-4)8-6-2/h4-5H,2-3H2,1H3. The molecule has 0 amide bonds. The molecule has 8 heavy (non-hydrogen) atoms. The Morgan fingerprint density at radius 1 is 1.88 bits per heavy atom.